The van der Waals surface area contributed by atoms with Crippen molar-refractivity contribution in [1.82, 2.24) is 0 Å². The number of aromatic hydroxyl groups is 1. The smallest absolute Gasteiger partial charge is 0.333 e. The molecule has 1 aromatic rings. The summed E-state index contributed by atoms with van der Waals surface area (Å²) in [6, 6.07) is 4.14. The summed E-state index contributed by atoms with van der Waals surface area (Å²) in [6.07, 6.45) is 0.0686. The molecule has 1 aromatic carbocycles. The monoisotopic (exact) mass is 240 g/mol. The first-order valence-electron chi connectivity index (χ1n) is 5.26. The van der Waals surface area contributed by atoms with E-state index in [4.69, 9.17) is 9.84 Å². The number of methoxy groups -OCH3 is 1. The topological polar surface area (TPSA) is 66.8 Å². The number of carbonyl (C=O) groups is 1. The van der Waals surface area contributed by atoms with Crippen molar-refractivity contribution >= 4 is 5.97 Å². The molecular formula is C12H13FO4. The van der Waals surface area contributed by atoms with E-state index in [1.54, 1.807) is 6.07 Å². The summed E-state index contributed by atoms with van der Waals surface area (Å²) in [7, 11) is 1.30. The lowest BCUT2D eigenvalue weighted by Gasteiger charge is -2.23. The van der Waals surface area contributed by atoms with Gasteiger partial charge in [0.25, 0.3) is 0 Å². The number of para-hydroxylation sites is 1. The number of carboxylic acid groups (broad SMARTS) is 1. The average Bonchev–Trinajstić information content (AvgIpc) is 3.04. The summed E-state index contributed by atoms with van der Waals surface area (Å²) < 4.78 is 18.2. The zero-order valence-corrected chi connectivity index (χ0v) is 9.31. The third kappa shape index (κ3) is 1.76. The van der Waals surface area contributed by atoms with Crippen molar-refractivity contribution in [3.8, 4) is 5.75 Å². The van der Waals surface area contributed by atoms with E-state index in [0.717, 1.165) is 6.07 Å². The highest BCUT2D eigenvalue weighted by atomic mass is 19.1. The van der Waals surface area contributed by atoms with Gasteiger partial charge < -0.3 is 14.9 Å². The second kappa shape index (κ2) is 4.00. The summed E-state index contributed by atoms with van der Waals surface area (Å²) in [5, 5.41) is 18.7. The van der Waals surface area contributed by atoms with E-state index in [9.17, 15) is 14.3 Å². The van der Waals surface area contributed by atoms with Crippen LogP contribution in [0.15, 0.2) is 18.2 Å². The number of phenols is 1. The lowest BCUT2D eigenvalue weighted by molar-refractivity contribution is -0.150. The third-order valence-electron chi connectivity index (χ3n) is 3.27. The Morgan fingerprint density at radius 3 is 2.65 bits per heavy atom. The lowest BCUT2D eigenvalue weighted by Crippen LogP contribution is -2.36. The van der Waals surface area contributed by atoms with Crippen LogP contribution in [-0.4, -0.2) is 29.4 Å². The zero-order chi connectivity index (χ0) is 12.6. The van der Waals surface area contributed by atoms with Crippen LogP contribution in [0.25, 0.3) is 0 Å². The molecule has 0 spiro atoms. The maximum Gasteiger partial charge on any atom is 0.333 e. The molecule has 0 amide bonds. The number of hydrogen-bond acceptors (Lipinski definition) is 3. The highest BCUT2D eigenvalue weighted by Gasteiger charge is 2.56. The number of halogens is 1. The number of aliphatic carboxylic acids is 1. The van der Waals surface area contributed by atoms with E-state index in [2.05, 4.69) is 0 Å². The fraction of sp³-hybridized carbons (Fsp3) is 0.417. The molecule has 0 aliphatic heterocycles. The van der Waals surface area contributed by atoms with Gasteiger partial charge in [0.05, 0.1) is 0 Å². The van der Waals surface area contributed by atoms with Gasteiger partial charge in [0, 0.05) is 18.1 Å². The number of phenolic OH excluding ortho intramolecular Hbond substituents is 1. The molecule has 0 saturated heterocycles. The summed E-state index contributed by atoms with van der Waals surface area (Å²) in [5.74, 6) is -2.32. The Morgan fingerprint density at radius 1 is 1.53 bits per heavy atom. The van der Waals surface area contributed by atoms with E-state index in [0.29, 0.717) is 18.4 Å². The quantitative estimate of drug-likeness (QED) is 0.840. The fourth-order valence-electron chi connectivity index (χ4n) is 2.29. The second-order valence-corrected chi connectivity index (χ2v) is 4.25. The van der Waals surface area contributed by atoms with Gasteiger partial charge in [-0.1, -0.05) is 12.1 Å². The van der Waals surface area contributed by atoms with Crippen molar-refractivity contribution in [1.29, 1.82) is 0 Å². The predicted octanol–water partition coefficient (Wildman–Crippen LogP) is 1.66. The molecule has 17 heavy (non-hydrogen) atoms. The Kier molecular flexibility index (Phi) is 2.79. The first-order chi connectivity index (χ1) is 8.03. The Labute approximate surface area is 97.6 Å². The maximum absolute atomic E-state index is 13.3. The molecule has 0 aromatic heterocycles. The van der Waals surface area contributed by atoms with Crippen molar-refractivity contribution in [3.63, 3.8) is 0 Å². The molecule has 1 saturated carbocycles. The molecule has 1 aliphatic rings. The normalized spacial score (nSPS) is 18.7. The fourth-order valence-corrected chi connectivity index (χ4v) is 2.29. The van der Waals surface area contributed by atoms with Crippen molar-refractivity contribution < 1.29 is 24.1 Å². The maximum atomic E-state index is 13.3. The van der Waals surface area contributed by atoms with E-state index < -0.39 is 29.1 Å². The van der Waals surface area contributed by atoms with Gasteiger partial charge in [0.2, 0.25) is 0 Å². The molecule has 2 N–H and O–H groups in total. The van der Waals surface area contributed by atoms with Crippen LogP contribution in [0.5, 0.6) is 5.75 Å². The number of hydrogen-bond donors (Lipinski definition) is 2. The van der Waals surface area contributed by atoms with E-state index in [-0.39, 0.29) is 0 Å². The highest BCUT2D eigenvalue weighted by molar-refractivity contribution is 5.76. The SMILES string of the molecule is COC(C(=O)O)C1(c2cccc(F)c2O)CC1. The standard InChI is InChI=1S/C12H13FO4/c1-17-10(11(15)16)12(5-6-12)7-3-2-4-8(13)9(7)14/h2-4,10,14H,5-6H2,1H3,(H,15,16). The van der Waals surface area contributed by atoms with Gasteiger partial charge in [-0.2, -0.15) is 0 Å². The Hall–Kier alpha value is -1.62. The van der Waals surface area contributed by atoms with Crippen LogP contribution in [0.3, 0.4) is 0 Å². The Morgan fingerprint density at radius 2 is 2.18 bits per heavy atom. The number of benzene rings is 1. The first-order valence-corrected chi connectivity index (χ1v) is 5.26. The van der Waals surface area contributed by atoms with Crippen LogP contribution in [0.4, 0.5) is 4.39 Å². The molecule has 1 aliphatic carbocycles. The van der Waals surface area contributed by atoms with Crippen molar-refractivity contribution in [2.75, 3.05) is 7.11 Å². The van der Waals surface area contributed by atoms with Gasteiger partial charge in [-0.3, -0.25) is 0 Å². The molecule has 4 nitrogen and oxygen atoms in total. The van der Waals surface area contributed by atoms with Crippen LogP contribution < -0.4 is 0 Å². The van der Waals surface area contributed by atoms with Gasteiger partial charge in [-0.15, -0.1) is 0 Å². The molecule has 1 unspecified atom stereocenters. The van der Waals surface area contributed by atoms with Gasteiger partial charge in [-0.25, -0.2) is 9.18 Å². The Bertz CT molecular complexity index is 454. The number of carboxylic acids is 1. The first kappa shape index (κ1) is 11.9. The summed E-state index contributed by atoms with van der Waals surface area (Å²) >= 11 is 0. The Balaban J connectivity index is 2.45. The summed E-state index contributed by atoms with van der Waals surface area (Å²) in [5.41, 5.74) is -0.487. The third-order valence-corrected chi connectivity index (χ3v) is 3.27. The summed E-state index contributed by atoms with van der Waals surface area (Å²) in [4.78, 5) is 11.1. The van der Waals surface area contributed by atoms with Crippen LogP contribution in [0, 0.1) is 5.82 Å². The number of ether oxygens (including phenoxy) is 1. The van der Waals surface area contributed by atoms with Crippen LogP contribution in [0.1, 0.15) is 18.4 Å². The molecule has 0 bridgehead atoms. The van der Waals surface area contributed by atoms with Gasteiger partial charge in [0.1, 0.15) is 0 Å². The van der Waals surface area contributed by atoms with Gasteiger partial charge in [0.15, 0.2) is 17.7 Å². The van der Waals surface area contributed by atoms with E-state index >= 15 is 0 Å². The molecule has 0 radical (unpaired) electrons. The van der Waals surface area contributed by atoms with Gasteiger partial charge >= 0.3 is 5.97 Å². The molecule has 1 fully saturated rings. The minimum atomic E-state index is -1.10. The largest absolute Gasteiger partial charge is 0.505 e. The lowest BCUT2D eigenvalue weighted by atomic mass is 9.89. The van der Waals surface area contributed by atoms with E-state index in [1.807, 2.05) is 0 Å². The van der Waals surface area contributed by atoms with Crippen LogP contribution in [-0.2, 0) is 14.9 Å². The highest BCUT2D eigenvalue weighted by Crippen LogP contribution is 2.54. The van der Waals surface area contributed by atoms with Crippen molar-refractivity contribution in [3.05, 3.63) is 29.6 Å². The minimum absolute atomic E-state index is 0.312. The molecule has 2 rings (SSSR count). The van der Waals surface area contributed by atoms with Crippen LogP contribution >= 0.6 is 0 Å². The van der Waals surface area contributed by atoms with E-state index in [1.165, 1.54) is 13.2 Å². The average molecular weight is 240 g/mol. The van der Waals surface area contributed by atoms with Crippen molar-refractivity contribution in [2.45, 2.75) is 24.4 Å². The molecular weight excluding hydrogens is 227 g/mol. The second-order valence-electron chi connectivity index (χ2n) is 4.25. The van der Waals surface area contributed by atoms with Gasteiger partial charge in [-0.05, 0) is 18.9 Å². The molecule has 5 heteroatoms. The number of rotatable bonds is 4. The minimum Gasteiger partial charge on any atom is -0.505 e. The molecule has 0 heterocycles. The summed E-state index contributed by atoms with van der Waals surface area (Å²) in [6.45, 7) is 0. The van der Waals surface area contributed by atoms with Crippen LogP contribution in [0.2, 0.25) is 0 Å². The zero-order valence-electron chi connectivity index (χ0n) is 9.31. The molecule has 1 atom stereocenters. The van der Waals surface area contributed by atoms with Crippen molar-refractivity contribution in [2.24, 2.45) is 0 Å². The predicted molar refractivity (Wildman–Crippen MR) is 57.4 cm³/mol. The molecule has 92 valence electrons.